The molecule has 154 valence electrons. The monoisotopic (exact) mass is 403 g/mol. The van der Waals surface area contributed by atoms with Crippen LogP contribution in [0, 0.1) is 0 Å². The molecule has 0 spiro atoms. The quantitative estimate of drug-likeness (QED) is 0.503. The molecule has 0 bridgehead atoms. The minimum Gasteiger partial charge on any atom is -0.492 e. The standard InChI is InChI=1S/C24H25N3O3/c1-3-30-22-12-8-7-11-21(22)27-24(29)23(18-9-5-4-6-10-18)26-20-15-13-19(14-16-20)25-17(2)28/h4-16,23,26H,3H2,1-2H3,(H,25,28)(H,27,29)/t23-/m0/s1. The molecule has 30 heavy (non-hydrogen) atoms. The Kier molecular flexibility index (Phi) is 7.05. The Hall–Kier alpha value is -3.80. The summed E-state index contributed by atoms with van der Waals surface area (Å²) in [5, 5.41) is 8.98. The van der Waals surface area contributed by atoms with Gasteiger partial charge < -0.3 is 20.7 Å². The number of carbonyl (C=O) groups is 2. The second kappa shape index (κ2) is 10.1. The third-order valence-corrected chi connectivity index (χ3v) is 4.36. The van der Waals surface area contributed by atoms with Crippen molar-refractivity contribution >= 4 is 28.9 Å². The number of carbonyl (C=O) groups excluding carboxylic acids is 2. The van der Waals surface area contributed by atoms with Crippen molar-refractivity contribution in [1.29, 1.82) is 0 Å². The third kappa shape index (κ3) is 5.61. The van der Waals surface area contributed by atoms with Gasteiger partial charge in [0.2, 0.25) is 5.91 Å². The highest BCUT2D eigenvalue weighted by molar-refractivity contribution is 5.98. The van der Waals surface area contributed by atoms with Crippen molar-refractivity contribution in [3.05, 3.63) is 84.4 Å². The molecule has 0 saturated carbocycles. The van der Waals surface area contributed by atoms with Gasteiger partial charge in [-0.1, -0.05) is 42.5 Å². The lowest BCUT2D eigenvalue weighted by molar-refractivity contribution is -0.117. The minimum absolute atomic E-state index is 0.134. The van der Waals surface area contributed by atoms with Crippen molar-refractivity contribution in [3.8, 4) is 5.75 Å². The molecule has 0 aliphatic rings. The van der Waals surface area contributed by atoms with E-state index in [0.29, 0.717) is 23.7 Å². The maximum Gasteiger partial charge on any atom is 0.251 e. The van der Waals surface area contributed by atoms with E-state index in [1.54, 1.807) is 12.1 Å². The highest BCUT2D eigenvalue weighted by Crippen LogP contribution is 2.27. The molecule has 0 saturated heterocycles. The maximum absolute atomic E-state index is 13.2. The molecule has 3 rings (SSSR count). The molecule has 0 unspecified atom stereocenters. The van der Waals surface area contributed by atoms with Gasteiger partial charge >= 0.3 is 0 Å². The number of nitrogens with one attached hydrogen (secondary N) is 3. The minimum atomic E-state index is -0.618. The van der Waals surface area contributed by atoms with Gasteiger partial charge in [0, 0.05) is 18.3 Å². The smallest absolute Gasteiger partial charge is 0.251 e. The van der Waals surface area contributed by atoms with Crippen LogP contribution in [0.3, 0.4) is 0 Å². The van der Waals surface area contributed by atoms with Crippen LogP contribution in [0.4, 0.5) is 17.1 Å². The van der Waals surface area contributed by atoms with Crippen molar-refractivity contribution in [2.45, 2.75) is 19.9 Å². The first-order chi connectivity index (χ1) is 14.6. The van der Waals surface area contributed by atoms with Crippen LogP contribution in [0.25, 0.3) is 0 Å². The number of hydrogen-bond acceptors (Lipinski definition) is 4. The number of rotatable bonds is 8. The number of benzene rings is 3. The highest BCUT2D eigenvalue weighted by atomic mass is 16.5. The van der Waals surface area contributed by atoms with Crippen molar-refractivity contribution in [3.63, 3.8) is 0 Å². The van der Waals surface area contributed by atoms with Gasteiger partial charge in [-0.2, -0.15) is 0 Å². The summed E-state index contributed by atoms with van der Waals surface area (Å²) in [6.45, 7) is 3.87. The fourth-order valence-corrected chi connectivity index (χ4v) is 3.02. The molecule has 0 aliphatic carbocycles. The van der Waals surface area contributed by atoms with E-state index in [1.807, 2.05) is 73.7 Å². The first-order valence-electron chi connectivity index (χ1n) is 9.78. The third-order valence-electron chi connectivity index (χ3n) is 4.36. The van der Waals surface area contributed by atoms with Crippen LogP contribution < -0.4 is 20.7 Å². The van der Waals surface area contributed by atoms with E-state index in [4.69, 9.17) is 4.74 Å². The average Bonchev–Trinajstić information content (AvgIpc) is 2.75. The molecule has 6 heteroatoms. The van der Waals surface area contributed by atoms with Gasteiger partial charge in [0.1, 0.15) is 11.8 Å². The van der Waals surface area contributed by atoms with Crippen LogP contribution in [-0.4, -0.2) is 18.4 Å². The van der Waals surface area contributed by atoms with Gasteiger partial charge in [-0.3, -0.25) is 9.59 Å². The summed E-state index contributed by atoms with van der Waals surface area (Å²) in [5.41, 5.74) is 2.90. The van der Waals surface area contributed by atoms with Crippen LogP contribution in [-0.2, 0) is 9.59 Å². The van der Waals surface area contributed by atoms with Crippen LogP contribution in [0.2, 0.25) is 0 Å². The largest absolute Gasteiger partial charge is 0.492 e. The molecule has 0 radical (unpaired) electrons. The molecule has 3 aromatic carbocycles. The number of hydrogen-bond donors (Lipinski definition) is 3. The number of anilines is 3. The molecule has 0 fully saturated rings. The molecule has 2 amide bonds. The van der Waals surface area contributed by atoms with E-state index in [-0.39, 0.29) is 11.8 Å². The van der Waals surface area contributed by atoms with E-state index < -0.39 is 6.04 Å². The molecule has 0 heterocycles. The molecule has 3 aromatic rings. The summed E-state index contributed by atoms with van der Waals surface area (Å²) < 4.78 is 5.62. The zero-order valence-electron chi connectivity index (χ0n) is 17.0. The van der Waals surface area contributed by atoms with Crippen LogP contribution >= 0.6 is 0 Å². The normalized spacial score (nSPS) is 11.3. The van der Waals surface area contributed by atoms with E-state index in [2.05, 4.69) is 16.0 Å². The maximum atomic E-state index is 13.2. The van der Waals surface area contributed by atoms with E-state index in [0.717, 1.165) is 11.3 Å². The predicted molar refractivity (Wildman–Crippen MR) is 120 cm³/mol. The van der Waals surface area contributed by atoms with Gasteiger partial charge in [0.05, 0.1) is 12.3 Å². The SMILES string of the molecule is CCOc1ccccc1NC(=O)[C@@H](Nc1ccc(NC(C)=O)cc1)c1ccccc1. The number of amides is 2. The molecule has 0 aromatic heterocycles. The van der Waals surface area contributed by atoms with E-state index in [9.17, 15) is 9.59 Å². The molecular weight excluding hydrogens is 378 g/mol. The van der Waals surface area contributed by atoms with E-state index >= 15 is 0 Å². The number of para-hydroxylation sites is 2. The lowest BCUT2D eigenvalue weighted by atomic mass is 10.1. The van der Waals surface area contributed by atoms with Crippen LogP contribution in [0.5, 0.6) is 5.75 Å². The van der Waals surface area contributed by atoms with Crippen molar-refractivity contribution in [1.82, 2.24) is 0 Å². The Bertz CT molecular complexity index is 988. The fourth-order valence-electron chi connectivity index (χ4n) is 3.02. The Labute approximate surface area is 176 Å². The zero-order valence-corrected chi connectivity index (χ0v) is 17.0. The Balaban J connectivity index is 1.83. The molecule has 6 nitrogen and oxygen atoms in total. The molecular formula is C24H25N3O3. The topological polar surface area (TPSA) is 79.5 Å². The second-order valence-electron chi connectivity index (χ2n) is 6.66. The van der Waals surface area contributed by atoms with Crippen LogP contribution in [0.15, 0.2) is 78.9 Å². The molecule has 3 N–H and O–H groups in total. The van der Waals surface area contributed by atoms with Crippen LogP contribution in [0.1, 0.15) is 25.5 Å². The Morgan fingerprint density at radius 3 is 2.13 bits per heavy atom. The summed E-state index contributed by atoms with van der Waals surface area (Å²) in [4.78, 5) is 24.4. The van der Waals surface area contributed by atoms with Gasteiger partial charge in [-0.05, 0) is 48.9 Å². The van der Waals surface area contributed by atoms with Crippen molar-refractivity contribution < 1.29 is 14.3 Å². The highest BCUT2D eigenvalue weighted by Gasteiger charge is 2.21. The van der Waals surface area contributed by atoms with E-state index in [1.165, 1.54) is 6.92 Å². The van der Waals surface area contributed by atoms with Gasteiger partial charge in [0.15, 0.2) is 0 Å². The Morgan fingerprint density at radius 2 is 1.47 bits per heavy atom. The average molecular weight is 403 g/mol. The van der Waals surface area contributed by atoms with Crippen molar-refractivity contribution in [2.24, 2.45) is 0 Å². The lowest BCUT2D eigenvalue weighted by Gasteiger charge is -2.21. The molecule has 0 aliphatic heterocycles. The summed E-state index contributed by atoms with van der Waals surface area (Å²) in [6.07, 6.45) is 0. The van der Waals surface area contributed by atoms with Gasteiger partial charge in [0.25, 0.3) is 5.91 Å². The first-order valence-corrected chi connectivity index (χ1v) is 9.78. The second-order valence-corrected chi connectivity index (χ2v) is 6.66. The lowest BCUT2D eigenvalue weighted by Crippen LogP contribution is -2.27. The molecule has 1 atom stereocenters. The summed E-state index contributed by atoms with van der Waals surface area (Å²) in [6, 6.07) is 23.4. The number of ether oxygens (including phenoxy) is 1. The summed E-state index contributed by atoms with van der Waals surface area (Å²) >= 11 is 0. The fraction of sp³-hybridized carbons (Fsp3) is 0.167. The van der Waals surface area contributed by atoms with Gasteiger partial charge in [-0.25, -0.2) is 0 Å². The first kappa shape index (κ1) is 20.9. The Morgan fingerprint density at radius 1 is 0.833 bits per heavy atom. The summed E-state index contributed by atoms with van der Waals surface area (Å²) in [5.74, 6) is 0.282. The summed E-state index contributed by atoms with van der Waals surface area (Å²) in [7, 11) is 0. The van der Waals surface area contributed by atoms with Crippen molar-refractivity contribution in [2.75, 3.05) is 22.6 Å². The van der Waals surface area contributed by atoms with Gasteiger partial charge in [-0.15, -0.1) is 0 Å². The predicted octanol–water partition coefficient (Wildman–Crippen LogP) is 4.84. The zero-order chi connectivity index (χ0) is 21.3.